The maximum atomic E-state index is 0. The Hall–Kier alpha value is 1.50. The van der Waals surface area contributed by atoms with E-state index in [2.05, 4.69) is 0 Å². The van der Waals surface area contributed by atoms with Crippen LogP contribution in [-0.2, 0) is 72.1 Å². The number of hydrogen-bond acceptors (Lipinski definition) is 0. The van der Waals surface area contributed by atoms with E-state index in [0.29, 0.717) is 0 Å². The summed E-state index contributed by atoms with van der Waals surface area (Å²) in [6.07, 6.45) is 0. The Morgan fingerprint density at radius 1 is 0.375 bits per heavy atom. The van der Waals surface area contributed by atoms with Crippen molar-refractivity contribution in [2.45, 2.75) is 0 Å². The minimum atomic E-state index is 0. The van der Waals surface area contributed by atoms with Gasteiger partial charge in [-0.15, -0.1) is 0 Å². The molecule has 0 aliphatic heterocycles. The van der Waals surface area contributed by atoms with Crippen molar-refractivity contribution < 1.29 is 72.1 Å². The first kappa shape index (κ1) is 306. The minimum Gasteiger partial charge on any atom is -2.00 e. The molecule has 0 atom stereocenters. The van der Waals surface area contributed by atoms with Gasteiger partial charge < -0.3 is 27.4 Å². The average Bonchev–Trinajstić information content (AvgIpc) is 0. The van der Waals surface area contributed by atoms with Crippen LogP contribution in [0.5, 0.6) is 0 Å². The van der Waals surface area contributed by atoms with Gasteiger partial charge in [0.15, 0.2) is 0 Å². The molecule has 0 aromatic rings. The van der Waals surface area contributed by atoms with Gasteiger partial charge in [0, 0.05) is 11.0 Å². The van der Waals surface area contributed by atoms with E-state index >= 15 is 0 Å². The average molecular weight is 470 g/mol. The molecule has 0 saturated carbocycles. The molecule has 8 heteroatoms. The third kappa shape index (κ3) is 141. The van der Waals surface area contributed by atoms with Crippen LogP contribution in [0.2, 0.25) is 0 Å². The topological polar surface area (TPSA) is 142 Å². The van der Waals surface area contributed by atoms with Gasteiger partial charge in [0.05, 0.1) is 0 Å². The van der Waals surface area contributed by atoms with Crippen molar-refractivity contribution in [3.8, 4) is 0 Å². The molecule has 0 aliphatic carbocycles. The van der Waals surface area contributed by atoms with E-state index in [0.717, 1.165) is 0 Å². The third-order valence-corrected chi connectivity index (χ3v) is 0. The molecule has 0 saturated heterocycles. The maximum Gasteiger partial charge on any atom is 5.00 e. The van der Waals surface area contributed by atoms with Gasteiger partial charge in [0.1, 0.15) is 0 Å². The molecule has 0 fully saturated rings. The first-order valence-electron chi connectivity index (χ1n) is 0. The van der Waals surface area contributed by atoms with Crippen LogP contribution in [0.3, 0.4) is 0 Å². The van der Waals surface area contributed by atoms with Crippen LogP contribution in [0.25, 0.3) is 0 Å². The Morgan fingerprint density at radius 2 is 0.375 bits per heavy atom. The van der Waals surface area contributed by atoms with Gasteiger partial charge in [-0.3, -0.25) is 0 Å². The second kappa shape index (κ2) is 213. The zero-order valence-corrected chi connectivity index (χ0v) is 10.9. The van der Waals surface area contributed by atoms with Crippen LogP contribution in [-0.4, -0.2) is 11.0 Å². The number of hydrogen-bond donors (Lipinski definition) is 0. The van der Waals surface area contributed by atoms with Gasteiger partial charge in [0.25, 0.3) is 0 Å². The summed E-state index contributed by atoms with van der Waals surface area (Å²) >= 11 is 0. The molecule has 0 aromatic heterocycles. The summed E-state index contributed by atoms with van der Waals surface area (Å²) in [5, 5.41) is 0. The summed E-state index contributed by atoms with van der Waals surface area (Å²) in [6.45, 7) is 0. The van der Waals surface area contributed by atoms with Gasteiger partial charge in [0.2, 0.25) is 0 Å². The first-order valence-corrected chi connectivity index (χ1v) is 0. The summed E-state index contributed by atoms with van der Waals surface area (Å²) < 4.78 is 0. The molecule has 0 aromatic carbocycles. The van der Waals surface area contributed by atoms with E-state index in [1.807, 2.05) is 0 Å². The van der Waals surface area contributed by atoms with Crippen LogP contribution in [0, 0.1) is 0 Å². The summed E-state index contributed by atoms with van der Waals surface area (Å²) in [7, 11) is 0. The molecule has 4 radical (unpaired) electrons. The third-order valence-electron chi connectivity index (χ3n) is 0. The van der Waals surface area contributed by atoms with Gasteiger partial charge >= 0.3 is 44.8 Å². The summed E-state index contributed by atoms with van der Waals surface area (Å²) in [5.41, 5.74) is 0. The van der Waals surface area contributed by atoms with Crippen LogP contribution in [0.15, 0.2) is 0 Å². The van der Waals surface area contributed by atoms with Crippen LogP contribution < -0.4 is 0 Å². The first-order chi connectivity index (χ1) is 0. The predicted molar refractivity (Wildman–Crippen MR) is 9.19 cm³/mol. The maximum absolute atomic E-state index is 0. The van der Waals surface area contributed by atoms with Gasteiger partial charge in [-0.1, -0.05) is 0 Å². The molecule has 0 amide bonds. The predicted octanol–water partition coefficient (Wildman–Crippen LogP) is -0.980. The van der Waals surface area contributed by atoms with Crippen LogP contribution in [0.1, 0.15) is 0 Å². The van der Waals surface area contributed by atoms with E-state index in [-0.39, 0.29) is 83.1 Å². The van der Waals surface area contributed by atoms with Crippen molar-refractivity contribution in [3.05, 3.63) is 0 Å². The second-order valence-corrected chi connectivity index (χ2v) is 0. The zero-order valence-electron chi connectivity index (χ0n) is 3.44. The Kier molecular flexibility index (Phi) is 8140. The molecule has 44 valence electrons. The quantitative estimate of drug-likeness (QED) is 0.402. The zero-order chi connectivity index (χ0) is 0. The smallest absolute Gasteiger partial charge is 2.00 e. The fourth-order valence-electron chi connectivity index (χ4n) is 0. The van der Waals surface area contributed by atoms with E-state index in [1.165, 1.54) is 0 Å². The van der Waals surface area contributed by atoms with Gasteiger partial charge in [-0.05, 0) is 0 Å². The molecular formula is O5SiTa2. The fourth-order valence-corrected chi connectivity index (χ4v) is 0. The van der Waals surface area contributed by atoms with Crippen molar-refractivity contribution >= 4 is 11.0 Å². The molecule has 8 heavy (non-hydrogen) atoms. The van der Waals surface area contributed by atoms with Gasteiger partial charge in [-0.25, -0.2) is 0 Å². The Morgan fingerprint density at radius 3 is 0.375 bits per heavy atom. The minimum absolute atomic E-state index is 0. The number of rotatable bonds is 0. The fraction of sp³-hybridized carbons (Fsp3) is 0. The molecule has 0 unspecified atom stereocenters. The molecule has 0 rings (SSSR count). The summed E-state index contributed by atoms with van der Waals surface area (Å²) in [4.78, 5) is 0. The Balaban J connectivity index is 0. The monoisotopic (exact) mass is 470 g/mol. The van der Waals surface area contributed by atoms with Crippen molar-refractivity contribution in [1.29, 1.82) is 0 Å². The van der Waals surface area contributed by atoms with Crippen molar-refractivity contribution in [1.82, 2.24) is 0 Å². The SMILES string of the molecule is [O-2].[O-2].[O-2].[O-2].[O-2].[Si].[Ta+5].[Ta+5]. The normalized spacial score (nSPS) is 0. The molecular weight excluding hydrogens is 470 g/mol. The molecule has 0 heterocycles. The molecule has 0 aliphatic rings. The summed E-state index contributed by atoms with van der Waals surface area (Å²) in [6, 6.07) is 0. The summed E-state index contributed by atoms with van der Waals surface area (Å²) in [5.74, 6) is 0. The van der Waals surface area contributed by atoms with Crippen molar-refractivity contribution in [2.24, 2.45) is 0 Å². The molecule has 0 N–H and O–H groups in total. The van der Waals surface area contributed by atoms with Gasteiger partial charge in [-0.2, -0.15) is 0 Å². The van der Waals surface area contributed by atoms with Crippen LogP contribution in [0.4, 0.5) is 0 Å². The standard InChI is InChI=1S/5O.Si.2Ta/q5*-2;;2*+5. The van der Waals surface area contributed by atoms with Crippen molar-refractivity contribution in [3.63, 3.8) is 0 Å². The molecule has 0 spiro atoms. The largest absolute Gasteiger partial charge is 5.00 e. The van der Waals surface area contributed by atoms with E-state index in [9.17, 15) is 0 Å². The Bertz CT molecular complexity index is 10.4. The Labute approximate surface area is 82.8 Å². The van der Waals surface area contributed by atoms with E-state index in [1.54, 1.807) is 0 Å². The second-order valence-electron chi connectivity index (χ2n) is 0. The molecule has 0 bridgehead atoms. The van der Waals surface area contributed by atoms with Crippen molar-refractivity contribution in [2.75, 3.05) is 0 Å². The molecule has 5 nitrogen and oxygen atoms in total. The van der Waals surface area contributed by atoms with E-state index in [4.69, 9.17) is 0 Å². The van der Waals surface area contributed by atoms with Crippen LogP contribution >= 0.6 is 0 Å². The van der Waals surface area contributed by atoms with E-state index < -0.39 is 0 Å².